The van der Waals surface area contributed by atoms with E-state index in [0.717, 1.165) is 17.8 Å². The Balaban J connectivity index is 1.45. The quantitative estimate of drug-likeness (QED) is 0.416. The standard InChI is InChI=1S/C28H24N2O/c1-4-11-21(12-5-1)19-24-20-31-28(29-24)26-18-10-17-25(30-26)27(22-13-6-2-7-14-22)23-15-8-3-9-16-23/h1-18,24,27H,19-20H2/t24-/m0/s1. The van der Waals surface area contributed by atoms with Gasteiger partial charge in [-0.15, -0.1) is 0 Å². The topological polar surface area (TPSA) is 34.5 Å². The third-order valence-corrected chi connectivity index (χ3v) is 5.58. The van der Waals surface area contributed by atoms with Crippen LogP contribution < -0.4 is 0 Å². The highest BCUT2D eigenvalue weighted by molar-refractivity contribution is 5.93. The SMILES string of the molecule is c1ccc(C[C@H]2COC(c3cccc(C(c4ccccc4)c4ccccc4)n3)=N2)cc1. The van der Waals surface area contributed by atoms with E-state index >= 15 is 0 Å². The highest BCUT2D eigenvalue weighted by Crippen LogP contribution is 2.31. The number of aliphatic imine (C=N–C) groups is 1. The molecular weight excluding hydrogens is 380 g/mol. The first-order chi connectivity index (χ1) is 15.4. The minimum Gasteiger partial charge on any atom is -0.474 e. The van der Waals surface area contributed by atoms with Gasteiger partial charge < -0.3 is 4.74 Å². The summed E-state index contributed by atoms with van der Waals surface area (Å²) in [6, 6.07) is 37.7. The van der Waals surface area contributed by atoms with Gasteiger partial charge in [-0.3, -0.25) is 0 Å². The molecule has 1 aliphatic rings. The number of pyridine rings is 1. The molecule has 0 fully saturated rings. The number of aromatic nitrogens is 1. The lowest BCUT2D eigenvalue weighted by Crippen LogP contribution is -2.10. The Morgan fingerprint density at radius 3 is 1.97 bits per heavy atom. The lowest BCUT2D eigenvalue weighted by Gasteiger charge is -2.18. The maximum absolute atomic E-state index is 5.96. The molecule has 1 aliphatic heterocycles. The number of benzene rings is 3. The monoisotopic (exact) mass is 404 g/mol. The number of hydrogen-bond donors (Lipinski definition) is 0. The molecule has 0 spiro atoms. The molecule has 0 saturated carbocycles. The Kier molecular flexibility index (Phi) is 5.57. The molecule has 3 aromatic carbocycles. The molecule has 0 amide bonds. The van der Waals surface area contributed by atoms with Crippen molar-refractivity contribution in [3.8, 4) is 0 Å². The zero-order chi connectivity index (χ0) is 20.9. The van der Waals surface area contributed by atoms with Crippen LogP contribution in [0.25, 0.3) is 0 Å². The molecule has 0 radical (unpaired) electrons. The first kappa shape index (κ1) is 19.3. The Morgan fingerprint density at radius 1 is 0.710 bits per heavy atom. The lowest BCUT2D eigenvalue weighted by molar-refractivity contribution is 0.316. The molecule has 0 unspecified atom stereocenters. The van der Waals surface area contributed by atoms with Crippen LogP contribution >= 0.6 is 0 Å². The Labute approximate surface area is 183 Å². The van der Waals surface area contributed by atoms with Gasteiger partial charge in [-0.2, -0.15) is 0 Å². The third kappa shape index (κ3) is 4.41. The van der Waals surface area contributed by atoms with E-state index in [9.17, 15) is 0 Å². The fraction of sp³-hybridized carbons (Fsp3) is 0.143. The molecule has 0 aliphatic carbocycles. The van der Waals surface area contributed by atoms with Gasteiger partial charge in [0.25, 0.3) is 0 Å². The fourth-order valence-electron chi connectivity index (χ4n) is 4.10. The van der Waals surface area contributed by atoms with Crippen molar-refractivity contribution in [2.45, 2.75) is 18.4 Å². The average molecular weight is 405 g/mol. The molecule has 2 heterocycles. The summed E-state index contributed by atoms with van der Waals surface area (Å²) in [6.45, 7) is 0.594. The van der Waals surface area contributed by atoms with Gasteiger partial charge in [0.2, 0.25) is 5.90 Å². The van der Waals surface area contributed by atoms with Crippen LogP contribution in [0.1, 0.15) is 34.0 Å². The molecule has 0 saturated heterocycles. The van der Waals surface area contributed by atoms with E-state index in [2.05, 4.69) is 78.9 Å². The van der Waals surface area contributed by atoms with Gasteiger partial charge in [-0.05, 0) is 35.2 Å². The van der Waals surface area contributed by atoms with Gasteiger partial charge in [-0.1, -0.05) is 97.1 Å². The van der Waals surface area contributed by atoms with E-state index in [1.54, 1.807) is 0 Å². The summed E-state index contributed by atoms with van der Waals surface area (Å²) in [7, 11) is 0. The predicted octanol–water partition coefficient (Wildman–Crippen LogP) is 5.65. The minimum absolute atomic E-state index is 0.0597. The first-order valence-corrected chi connectivity index (χ1v) is 10.7. The summed E-state index contributed by atoms with van der Waals surface area (Å²) in [5.41, 5.74) is 5.50. The summed E-state index contributed by atoms with van der Waals surface area (Å²) < 4.78 is 5.96. The Morgan fingerprint density at radius 2 is 1.32 bits per heavy atom. The van der Waals surface area contributed by atoms with Crippen LogP contribution in [-0.4, -0.2) is 23.5 Å². The van der Waals surface area contributed by atoms with Crippen LogP contribution in [0.2, 0.25) is 0 Å². The number of rotatable bonds is 6. The molecule has 4 aromatic rings. The minimum atomic E-state index is 0.0597. The highest BCUT2D eigenvalue weighted by Gasteiger charge is 2.23. The van der Waals surface area contributed by atoms with Gasteiger partial charge in [0.05, 0.1) is 17.7 Å². The molecule has 3 heteroatoms. The van der Waals surface area contributed by atoms with Crippen LogP contribution in [-0.2, 0) is 11.2 Å². The summed E-state index contributed by atoms with van der Waals surface area (Å²) >= 11 is 0. The molecule has 5 rings (SSSR count). The van der Waals surface area contributed by atoms with Crippen LogP contribution in [0.15, 0.2) is 114 Å². The van der Waals surface area contributed by atoms with Crippen molar-refractivity contribution in [2.75, 3.05) is 6.61 Å². The highest BCUT2D eigenvalue weighted by atomic mass is 16.5. The van der Waals surface area contributed by atoms with Gasteiger partial charge in [0, 0.05) is 0 Å². The summed E-state index contributed by atoms with van der Waals surface area (Å²) in [6.07, 6.45) is 0.876. The zero-order valence-electron chi connectivity index (χ0n) is 17.3. The molecule has 0 N–H and O–H groups in total. The number of nitrogens with zero attached hydrogens (tertiary/aromatic N) is 2. The second kappa shape index (κ2) is 8.97. The maximum atomic E-state index is 5.96. The lowest BCUT2D eigenvalue weighted by atomic mass is 9.88. The first-order valence-electron chi connectivity index (χ1n) is 10.7. The number of ether oxygens (including phenoxy) is 1. The largest absolute Gasteiger partial charge is 0.474 e. The predicted molar refractivity (Wildman–Crippen MR) is 124 cm³/mol. The van der Waals surface area contributed by atoms with Gasteiger partial charge >= 0.3 is 0 Å². The molecule has 3 nitrogen and oxygen atoms in total. The molecule has 0 bridgehead atoms. The second-order valence-electron chi connectivity index (χ2n) is 7.79. The van der Waals surface area contributed by atoms with E-state index in [1.165, 1.54) is 16.7 Å². The molecule has 31 heavy (non-hydrogen) atoms. The summed E-state index contributed by atoms with van der Waals surface area (Å²) in [4.78, 5) is 9.82. The van der Waals surface area contributed by atoms with Crippen molar-refractivity contribution in [2.24, 2.45) is 4.99 Å². The number of hydrogen-bond acceptors (Lipinski definition) is 3. The fourth-order valence-corrected chi connectivity index (χ4v) is 4.10. The van der Waals surface area contributed by atoms with Crippen molar-refractivity contribution in [1.29, 1.82) is 0 Å². The molecule has 1 atom stereocenters. The Hall–Kier alpha value is -3.72. The van der Waals surface area contributed by atoms with Crippen molar-refractivity contribution in [3.63, 3.8) is 0 Å². The van der Waals surface area contributed by atoms with Crippen molar-refractivity contribution >= 4 is 5.90 Å². The third-order valence-electron chi connectivity index (χ3n) is 5.58. The van der Waals surface area contributed by atoms with Crippen molar-refractivity contribution < 1.29 is 4.74 Å². The normalized spacial score (nSPS) is 15.5. The summed E-state index contributed by atoms with van der Waals surface area (Å²) in [5.74, 6) is 0.701. The maximum Gasteiger partial charge on any atom is 0.235 e. The molecule has 152 valence electrons. The smallest absolute Gasteiger partial charge is 0.235 e. The van der Waals surface area contributed by atoms with E-state index in [4.69, 9.17) is 14.7 Å². The average Bonchev–Trinajstić information content (AvgIpc) is 3.30. The molecular formula is C28H24N2O. The Bertz CT molecular complexity index is 1120. The molecule has 1 aromatic heterocycles. The van der Waals surface area contributed by atoms with E-state index in [0.29, 0.717) is 12.5 Å². The van der Waals surface area contributed by atoms with Gasteiger partial charge in [0.15, 0.2) is 0 Å². The van der Waals surface area contributed by atoms with Crippen LogP contribution in [0.3, 0.4) is 0 Å². The summed E-state index contributed by atoms with van der Waals surface area (Å²) in [5, 5.41) is 0. The van der Waals surface area contributed by atoms with E-state index < -0.39 is 0 Å². The van der Waals surface area contributed by atoms with Crippen molar-refractivity contribution in [3.05, 3.63) is 137 Å². The van der Waals surface area contributed by atoms with Gasteiger partial charge in [-0.25, -0.2) is 9.98 Å². The second-order valence-corrected chi connectivity index (χ2v) is 7.79. The van der Waals surface area contributed by atoms with Crippen LogP contribution in [0, 0.1) is 0 Å². The van der Waals surface area contributed by atoms with Crippen molar-refractivity contribution in [1.82, 2.24) is 4.98 Å². The zero-order valence-corrected chi connectivity index (χ0v) is 17.3. The van der Waals surface area contributed by atoms with Crippen LogP contribution in [0.4, 0.5) is 0 Å². The van der Waals surface area contributed by atoms with E-state index in [-0.39, 0.29) is 12.0 Å². The van der Waals surface area contributed by atoms with Crippen LogP contribution in [0.5, 0.6) is 0 Å². The van der Waals surface area contributed by atoms with E-state index in [1.807, 2.05) is 30.3 Å². The van der Waals surface area contributed by atoms with Gasteiger partial charge in [0.1, 0.15) is 12.3 Å².